The average Bonchev–Trinajstić information content (AvgIpc) is 3.06. The molecule has 2 N–H and O–H groups in total. The Morgan fingerprint density at radius 1 is 1.17 bits per heavy atom. The van der Waals surface area contributed by atoms with Gasteiger partial charge in [0.05, 0.1) is 17.7 Å². The summed E-state index contributed by atoms with van der Waals surface area (Å²) < 4.78 is 19.5. The Morgan fingerprint density at radius 2 is 1.93 bits per heavy atom. The second kappa shape index (κ2) is 7.71. The molecular weight excluding hydrogens is 373 g/mol. The normalized spacial score (nSPS) is 11.0. The molecule has 0 fully saturated rings. The van der Waals surface area contributed by atoms with Crippen molar-refractivity contribution >= 4 is 16.8 Å². The van der Waals surface area contributed by atoms with Crippen molar-refractivity contribution in [1.29, 1.82) is 0 Å². The zero-order valence-corrected chi connectivity index (χ0v) is 15.7. The number of carbonyl (C=O) groups is 1. The van der Waals surface area contributed by atoms with E-state index in [1.165, 1.54) is 6.07 Å². The number of rotatable bonds is 5. The van der Waals surface area contributed by atoms with Gasteiger partial charge < -0.3 is 14.7 Å². The van der Waals surface area contributed by atoms with E-state index >= 15 is 0 Å². The van der Waals surface area contributed by atoms with Crippen molar-refractivity contribution in [2.45, 2.75) is 19.9 Å². The minimum atomic E-state index is -0.444. The van der Waals surface area contributed by atoms with Gasteiger partial charge in [-0.3, -0.25) is 9.59 Å². The van der Waals surface area contributed by atoms with Crippen LogP contribution in [-0.2, 0) is 17.8 Å². The molecule has 7 heteroatoms. The smallest absolute Gasteiger partial charge is 0.253 e. The number of hydrogen-bond acceptors (Lipinski definition) is 4. The molecule has 0 aliphatic rings. The Morgan fingerprint density at radius 3 is 2.76 bits per heavy atom. The Bertz CT molecular complexity index is 1260. The Balaban J connectivity index is 1.46. The minimum Gasteiger partial charge on any atom is -0.441 e. The molecule has 2 aromatic heterocycles. The van der Waals surface area contributed by atoms with E-state index < -0.39 is 5.82 Å². The standard InChI is InChI=1S/C22H18FN3O3/c1-13-19(26-22(29-13)16-7-3-4-8-17(16)23)11-20(27)24-12-15-10-14-6-2-5-9-18(14)25-21(15)28/h2-10H,11-12H2,1H3,(H,24,27)(H,25,28). The lowest BCUT2D eigenvalue weighted by atomic mass is 10.1. The summed E-state index contributed by atoms with van der Waals surface area (Å²) in [5, 5.41) is 3.61. The lowest BCUT2D eigenvalue weighted by molar-refractivity contribution is -0.120. The highest BCUT2D eigenvalue weighted by Gasteiger charge is 2.17. The van der Waals surface area contributed by atoms with Gasteiger partial charge in [-0.05, 0) is 36.6 Å². The molecule has 4 rings (SSSR count). The van der Waals surface area contributed by atoms with E-state index in [1.54, 1.807) is 31.2 Å². The molecule has 146 valence electrons. The van der Waals surface area contributed by atoms with Crippen molar-refractivity contribution in [1.82, 2.24) is 15.3 Å². The third-order valence-electron chi connectivity index (χ3n) is 4.63. The lowest BCUT2D eigenvalue weighted by Crippen LogP contribution is -2.28. The summed E-state index contributed by atoms with van der Waals surface area (Å²) in [4.78, 5) is 31.6. The summed E-state index contributed by atoms with van der Waals surface area (Å²) in [6, 6.07) is 15.3. The van der Waals surface area contributed by atoms with Crippen molar-refractivity contribution in [3.05, 3.63) is 87.8 Å². The molecule has 29 heavy (non-hydrogen) atoms. The van der Waals surface area contributed by atoms with E-state index in [-0.39, 0.29) is 35.9 Å². The van der Waals surface area contributed by atoms with Gasteiger partial charge in [0.15, 0.2) is 0 Å². The molecule has 0 aliphatic heterocycles. The Labute approximate surface area is 165 Å². The number of fused-ring (bicyclic) bond motifs is 1. The van der Waals surface area contributed by atoms with Crippen LogP contribution in [0.5, 0.6) is 0 Å². The monoisotopic (exact) mass is 391 g/mol. The highest BCUT2D eigenvalue weighted by Crippen LogP contribution is 2.24. The molecule has 0 unspecified atom stereocenters. The number of oxazole rings is 1. The summed E-state index contributed by atoms with van der Waals surface area (Å²) >= 11 is 0. The van der Waals surface area contributed by atoms with Crippen LogP contribution in [0.15, 0.2) is 63.8 Å². The quantitative estimate of drug-likeness (QED) is 0.545. The first-order chi connectivity index (χ1) is 14.0. The van der Waals surface area contributed by atoms with Crippen LogP contribution in [0, 0.1) is 12.7 Å². The molecule has 6 nitrogen and oxygen atoms in total. The van der Waals surface area contributed by atoms with Crippen LogP contribution < -0.4 is 10.9 Å². The summed E-state index contributed by atoms with van der Waals surface area (Å²) in [7, 11) is 0. The van der Waals surface area contributed by atoms with Gasteiger partial charge in [-0.15, -0.1) is 0 Å². The van der Waals surface area contributed by atoms with Crippen LogP contribution in [0.25, 0.3) is 22.4 Å². The summed E-state index contributed by atoms with van der Waals surface area (Å²) in [5.74, 6) is -0.175. The van der Waals surface area contributed by atoms with Crippen molar-refractivity contribution in [3.8, 4) is 11.5 Å². The molecule has 1 amide bonds. The number of aromatic nitrogens is 2. The van der Waals surface area contributed by atoms with E-state index in [1.807, 2.05) is 24.3 Å². The van der Waals surface area contributed by atoms with Gasteiger partial charge >= 0.3 is 0 Å². The lowest BCUT2D eigenvalue weighted by Gasteiger charge is -2.05. The first kappa shape index (κ1) is 18.6. The highest BCUT2D eigenvalue weighted by atomic mass is 19.1. The molecule has 0 bridgehead atoms. The van der Waals surface area contributed by atoms with Gasteiger partial charge in [-0.2, -0.15) is 0 Å². The SMILES string of the molecule is Cc1oc(-c2ccccc2F)nc1CC(=O)NCc1cc2ccccc2[nH]c1=O. The second-order valence-electron chi connectivity index (χ2n) is 6.67. The number of amides is 1. The molecule has 0 saturated heterocycles. The molecule has 2 aromatic carbocycles. The van der Waals surface area contributed by atoms with Gasteiger partial charge in [-0.1, -0.05) is 30.3 Å². The molecule has 0 atom stereocenters. The van der Waals surface area contributed by atoms with Crippen LogP contribution >= 0.6 is 0 Å². The summed E-state index contributed by atoms with van der Waals surface area (Å²) in [5.41, 5.74) is 1.62. The topological polar surface area (TPSA) is 88.0 Å². The number of hydrogen-bond donors (Lipinski definition) is 2. The van der Waals surface area contributed by atoms with E-state index in [9.17, 15) is 14.0 Å². The number of nitrogens with zero attached hydrogens (tertiary/aromatic N) is 1. The first-order valence-corrected chi connectivity index (χ1v) is 9.10. The number of nitrogens with one attached hydrogen (secondary N) is 2. The van der Waals surface area contributed by atoms with Crippen LogP contribution in [0.4, 0.5) is 4.39 Å². The molecular formula is C22H18FN3O3. The fourth-order valence-electron chi connectivity index (χ4n) is 3.07. The number of H-pyrrole nitrogens is 1. The predicted molar refractivity (Wildman–Crippen MR) is 107 cm³/mol. The van der Waals surface area contributed by atoms with Crippen LogP contribution in [0.3, 0.4) is 0 Å². The minimum absolute atomic E-state index is 0.0325. The summed E-state index contributed by atoms with van der Waals surface area (Å²) in [6.07, 6.45) is -0.0325. The third kappa shape index (κ3) is 3.94. The van der Waals surface area contributed by atoms with Crippen molar-refractivity contribution in [2.24, 2.45) is 0 Å². The Kier molecular flexibility index (Phi) is 4.95. The van der Waals surface area contributed by atoms with E-state index in [0.29, 0.717) is 17.0 Å². The fourth-order valence-corrected chi connectivity index (χ4v) is 3.07. The zero-order chi connectivity index (χ0) is 20.4. The fraction of sp³-hybridized carbons (Fsp3) is 0.136. The van der Waals surface area contributed by atoms with Gasteiger partial charge in [-0.25, -0.2) is 9.37 Å². The van der Waals surface area contributed by atoms with Crippen LogP contribution in [0.1, 0.15) is 17.0 Å². The largest absolute Gasteiger partial charge is 0.441 e. The maximum atomic E-state index is 13.9. The molecule has 0 radical (unpaired) electrons. The number of aromatic amines is 1. The maximum absolute atomic E-state index is 13.9. The van der Waals surface area contributed by atoms with Gasteiger partial charge in [0, 0.05) is 17.6 Å². The highest BCUT2D eigenvalue weighted by molar-refractivity contribution is 5.80. The van der Waals surface area contributed by atoms with Crippen molar-refractivity contribution in [3.63, 3.8) is 0 Å². The number of pyridine rings is 1. The predicted octanol–water partition coefficient (Wildman–Crippen LogP) is 3.49. The van der Waals surface area contributed by atoms with E-state index in [4.69, 9.17) is 4.42 Å². The first-order valence-electron chi connectivity index (χ1n) is 9.10. The maximum Gasteiger partial charge on any atom is 0.253 e. The molecule has 0 saturated carbocycles. The van der Waals surface area contributed by atoms with Crippen molar-refractivity contribution in [2.75, 3.05) is 0 Å². The molecule has 0 aliphatic carbocycles. The number of benzene rings is 2. The van der Waals surface area contributed by atoms with E-state index in [2.05, 4.69) is 15.3 Å². The molecule has 2 heterocycles. The average molecular weight is 391 g/mol. The van der Waals surface area contributed by atoms with Gasteiger partial charge in [0.25, 0.3) is 5.56 Å². The molecule has 0 spiro atoms. The summed E-state index contributed by atoms with van der Waals surface area (Å²) in [6.45, 7) is 1.77. The molecule has 4 aromatic rings. The third-order valence-corrected chi connectivity index (χ3v) is 4.63. The second-order valence-corrected chi connectivity index (χ2v) is 6.67. The zero-order valence-electron chi connectivity index (χ0n) is 15.7. The van der Waals surface area contributed by atoms with Crippen LogP contribution in [-0.4, -0.2) is 15.9 Å². The van der Waals surface area contributed by atoms with Gasteiger partial charge in [0.2, 0.25) is 11.8 Å². The number of halogens is 1. The van der Waals surface area contributed by atoms with Crippen LogP contribution in [0.2, 0.25) is 0 Å². The van der Waals surface area contributed by atoms with E-state index in [0.717, 1.165) is 10.9 Å². The Hall–Kier alpha value is -3.74. The van der Waals surface area contributed by atoms with Crippen molar-refractivity contribution < 1.29 is 13.6 Å². The number of carbonyl (C=O) groups excluding carboxylic acids is 1. The van der Waals surface area contributed by atoms with Gasteiger partial charge in [0.1, 0.15) is 11.6 Å². The number of aryl methyl sites for hydroxylation is 1. The number of para-hydroxylation sites is 1.